The summed E-state index contributed by atoms with van der Waals surface area (Å²) < 4.78 is 13.4. The Labute approximate surface area is 118 Å². The van der Waals surface area contributed by atoms with Crippen LogP contribution in [0.4, 0.5) is 0 Å². The van der Waals surface area contributed by atoms with Gasteiger partial charge in [-0.2, -0.15) is 0 Å². The molecule has 3 rings (SSSR count). The van der Waals surface area contributed by atoms with Crippen LogP contribution in [-0.4, -0.2) is 34.5 Å². The first-order chi connectivity index (χ1) is 9.70. The van der Waals surface area contributed by atoms with Crippen LogP contribution in [0.25, 0.3) is 11.0 Å². The molecule has 0 bridgehead atoms. The van der Waals surface area contributed by atoms with E-state index < -0.39 is 0 Å². The van der Waals surface area contributed by atoms with E-state index >= 15 is 0 Å². The molecule has 0 aliphatic carbocycles. The van der Waals surface area contributed by atoms with Crippen LogP contribution in [0.5, 0.6) is 11.5 Å². The molecule has 1 N–H and O–H groups in total. The summed E-state index contributed by atoms with van der Waals surface area (Å²) in [4.78, 5) is 4.72. The number of aryl methyl sites for hydroxylation is 1. The van der Waals surface area contributed by atoms with Crippen LogP contribution >= 0.6 is 0 Å². The van der Waals surface area contributed by atoms with Crippen LogP contribution < -0.4 is 9.47 Å². The van der Waals surface area contributed by atoms with Crippen molar-refractivity contribution in [2.45, 2.75) is 32.7 Å². The van der Waals surface area contributed by atoms with E-state index in [-0.39, 0.29) is 6.61 Å². The average molecular weight is 276 g/mol. The topological polar surface area (TPSA) is 56.5 Å². The highest BCUT2D eigenvalue weighted by Crippen LogP contribution is 2.35. The zero-order chi connectivity index (χ0) is 14.1. The average Bonchev–Trinajstić information content (AvgIpc) is 2.80. The number of aromatic nitrogens is 2. The maximum Gasteiger partial charge on any atom is 0.163 e. The molecule has 0 amide bonds. The van der Waals surface area contributed by atoms with E-state index in [1.54, 1.807) is 0 Å². The summed E-state index contributed by atoms with van der Waals surface area (Å²) in [6.07, 6.45) is 0.722. The number of hydrogen-bond acceptors (Lipinski definition) is 4. The van der Waals surface area contributed by atoms with Gasteiger partial charge in [0, 0.05) is 31.2 Å². The normalized spacial score (nSPS) is 14.2. The first-order valence-electron chi connectivity index (χ1n) is 7.11. The number of nitrogens with zero attached hydrogens (tertiary/aromatic N) is 2. The van der Waals surface area contributed by atoms with Crippen molar-refractivity contribution < 1.29 is 14.6 Å². The molecule has 0 atom stereocenters. The Balaban J connectivity index is 2.13. The lowest BCUT2D eigenvalue weighted by atomic mass is 10.2. The maximum absolute atomic E-state index is 9.08. The zero-order valence-corrected chi connectivity index (χ0v) is 11.9. The smallest absolute Gasteiger partial charge is 0.163 e. The molecule has 108 valence electrons. The molecule has 1 aromatic heterocycles. The molecule has 0 saturated heterocycles. The summed E-state index contributed by atoms with van der Waals surface area (Å²) in [5.41, 5.74) is 1.97. The van der Waals surface area contributed by atoms with Crippen molar-refractivity contribution >= 4 is 11.0 Å². The van der Waals surface area contributed by atoms with Gasteiger partial charge in [-0.3, -0.25) is 0 Å². The van der Waals surface area contributed by atoms with Crippen molar-refractivity contribution in [3.8, 4) is 11.5 Å². The number of benzene rings is 1. The summed E-state index contributed by atoms with van der Waals surface area (Å²) in [6.45, 7) is 6.37. The van der Waals surface area contributed by atoms with Gasteiger partial charge in [-0.1, -0.05) is 13.8 Å². The van der Waals surface area contributed by atoms with E-state index in [0.29, 0.717) is 19.1 Å². The molecule has 1 aromatic carbocycles. The maximum atomic E-state index is 9.08. The van der Waals surface area contributed by atoms with E-state index in [1.165, 1.54) is 0 Å². The largest absolute Gasteiger partial charge is 0.486 e. The second kappa shape index (κ2) is 5.32. The van der Waals surface area contributed by atoms with E-state index in [0.717, 1.165) is 41.3 Å². The standard InChI is InChI=1S/C15H20N2O3/c1-10(2)15-16-11-8-13-14(20-7-6-19-13)9-12(11)17(15)4-3-5-18/h8-10,18H,3-7H2,1-2H3. The van der Waals surface area contributed by atoms with Crippen LogP contribution in [0, 0.1) is 0 Å². The van der Waals surface area contributed by atoms with Crippen molar-refractivity contribution in [1.29, 1.82) is 0 Å². The van der Waals surface area contributed by atoms with Crippen molar-refractivity contribution in [2.75, 3.05) is 19.8 Å². The van der Waals surface area contributed by atoms with Gasteiger partial charge in [-0.05, 0) is 6.42 Å². The third-order valence-electron chi connectivity index (χ3n) is 3.50. The summed E-state index contributed by atoms with van der Waals surface area (Å²) in [6, 6.07) is 3.95. The highest BCUT2D eigenvalue weighted by Gasteiger charge is 2.19. The first kappa shape index (κ1) is 13.2. The number of ether oxygens (including phenoxy) is 2. The molecule has 5 heteroatoms. The fourth-order valence-electron chi connectivity index (χ4n) is 2.58. The number of rotatable bonds is 4. The highest BCUT2D eigenvalue weighted by molar-refractivity contribution is 5.81. The molecule has 0 fully saturated rings. The van der Waals surface area contributed by atoms with Crippen molar-refractivity contribution in [1.82, 2.24) is 9.55 Å². The Bertz CT molecular complexity index is 619. The second-order valence-corrected chi connectivity index (χ2v) is 5.34. The van der Waals surface area contributed by atoms with Crippen molar-refractivity contribution in [3.05, 3.63) is 18.0 Å². The van der Waals surface area contributed by atoms with Gasteiger partial charge in [0.2, 0.25) is 0 Å². The summed E-state index contributed by atoms with van der Waals surface area (Å²) in [7, 11) is 0. The van der Waals surface area contributed by atoms with E-state index in [4.69, 9.17) is 19.6 Å². The Kier molecular flexibility index (Phi) is 3.53. The minimum absolute atomic E-state index is 0.182. The lowest BCUT2D eigenvalue weighted by Gasteiger charge is -2.18. The Morgan fingerprint density at radius 3 is 2.60 bits per heavy atom. The Morgan fingerprint density at radius 2 is 1.95 bits per heavy atom. The summed E-state index contributed by atoms with van der Waals surface area (Å²) in [5, 5.41) is 9.08. The first-order valence-corrected chi connectivity index (χ1v) is 7.11. The molecule has 0 radical (unpaired) electrons. The Hall–Kier alpha value is -1.75. The highest BCUT2D eigenvalue weighted by atomic mass is 16.6. The van der Waals surface area contributed by atoms with Crippen molar-refractivity contribution in [3.63, 3.8) is 0 Å². The van der Waals surface area contributed by atoms with Gasteiger partial charge < -0.3 is 19.1 Å². The zero-order valence-electron chi connectivity index (χ0n) is 11.9. The van der Waals surface area contributed by atoms with E-state index in [2.05, 4.69) is 18.4 Å². The van der Waals surface area contributed by atoms with Gasteiger partial charge in [0.1, 0.15) is 19.0 Å². The molecule has 1 aliphatic rings. The van der Waals surface area contributed by atoms with E-state index in [9.17, 15) is 0 Å². The minimum Gasteiger partial charge on any atom is -0.486 e. The van der Waals surface area contributed by atoms with Gasteiger partial charge in [0.15, 0.2) is 11.5 Å². The molecule has 0 saturated carbocycles. The van der Waals surface area contributed by atoms with Gasteiger partial charge in [-0.25, -0.2) is 4.98 Å². The van der Waals surface area contributed by atoms with Crippen LogP contribution in [0.1, 0.15) is 32.0 Å². The number of fused-ring (bicyclic) bond motifs is 2. The summed E-state index contributed by atoms with van der Waals surface area (Å²) in [5.74, 6) is 2.92. The monoisotopic (exact) mass is 276 g/mol. The fourth-order valence-corrected chi connectivity index (χ4v) is 2.58. The molecule has 20 heavy (non-hydrogen) atoms. The predicted octanol–water partition coefficient (Wildman–Crippen LogP) is 2.31. The molecular formula is C15H20N2O3. The SMILES string of the molecule is CC(C)c1nc2cc3c(cc2n1CCCO)OCCO3. The third kappa shape index (κ3) is 2.22. The third-order valence-corrected chi connectivity index (χ3v) is 3.50. The number of aliphatic hydroxyl groups is 1. The van der Waals surface area contributed by atoms with Crippen LogP contribution in [-0.2, 0) is 6.54 Å². The number of aliphatic hydroxyl groups excluding tert-OH is 1. The van der Waals surface area contributed by atoms with Gasteiger partial charge in [0.25, 0.3) is 0 Å². The summed E-state index contributed by atoms with van der Waals surface area (Å²) >= 11 is 0. The molecule has 2 aromatic rings. The number of hydrogen-bond donors (Lipinski definition) is 1. The fraction of sp³-hybridized carbons (Fsp3) is 0.533. The van der Waals surface area contributed by atoms with Crippen molar-refractivity contribution in [2.24, 2.45) is 0 Å². The second-order valence-electron chi connectivity index (χ2n) is 5.34. The molecule has 5 nitrogen and oxygen atoms in total. The molecule has 0 unspecified atom stereocenters. The lowest BCUT2D eigenvalue weighted by molar-refractivity contribution is 0.172. The molecule has 1 aliphatic heterocycles. The van der Waals surface area contributed by atoms with Gasteiger partial charge >= 0.3 is 0 Å². The van der Waals surface area contributed by atoms with Gasteiger partial charge in [0.05, 0.1) is 11.0 Å². The lowest BCUT2D eigenvalue weighted by Crippen LogP contribution is -2.15. The Morgan fingerprint density at radius 1 is 1.25 bits per heavy atom. The number of imidazole rings is 1. The molecule has 2 heterocycles. The van der Waals surface area contributed by atoms with Crippen LogP contribution in [0.3, 0.4) is 0 Å². The molecule has 0 spiro atoms. The quantitative estimate of drug-likeness (QED) is 0.931. The van der Waals surface area contributed by atoms with E-state index in [1.807, 2.05) is 12.1 Å². The van der Waals surface area contributed by atoms with Gasteiger partial charge in [-0.15, -0.1) is 0 Å². The predicted molar refractivity (Wildman–Crippen MR) is 76.5 cm³/mol. The van der Waals surface area contributed by atoms with Crippen LogP contribution in [0.2, 0.25) is 0 Å². The minimum atomic E-state index is 0.182. The molecular weight excluding hydrogens is 256 g/mol. The van der Waals surface area contributed by atoms with Crippen LogP contribution in [0.15, 0.2) is 12.1 Å².